The zero-order chi connectivity index (χ0) is 17.4. The predicted molar refractivity (Wildman–Crippen MR) is 115 cm³/mol. The van der Waals surface area contributed by atoms with Gasteiger partial charge in [0.2, 0.25) is 5.91 Å². The van der Waals surface area contributed by atoms with Crippen LogP contribution in [-0.4, -0.2) is 37.5 Å². The molecule has 2 rings (SSSR count). The summed E-state index contributed by atoms with van der Waals surface area (Å²) in [4.78, 5) is 16.0. The van der Waals surface area contributed by atoms with Crippen LogP contribution < -0.4 is 16.0 Å². The van der Waals surface area contributed by atoms with Gasteiger partial charge in [-0.2, -0.15) is 0 Å². The third-order valence-electron chi connectivity index (χ3n) is 3.60. The fraction of sp³-hybridized carbons (Fsp3) is 0.529. The van der Waals surface area contributed by atoms with E-state index in [1.165, 1.54) is 0 Å². The molecule has 25 heavy (non-hydrogen) atoms. The van der Waals surface area contributed by atoms with E-state index in [1.54, 1.807) is 6.07 Å². The number of nitrogens with zero attached hydrogens (tertiary/aromatic N) is 1. The van der Waals surface area contributed by atoms with Gasteiger partial charge < -0.3 is 16.0 Å². The van der Waals surface area contributed by atoms with Crippen LogP contribution in [0.25, 0.3) is 0 Å². The molecule has 0 radical (unpaired) electrons. The van der Waals surface area contributed by atoms with E-state index in [0.29, 0.717) is 22.0 Å². The number of amides is 1. The van der Waals surface area contributed by atoms with Gasteiger partial charge in [0.15, 0.2) is 5.96 Å². The maximum atomic E-state index is 11.7. The first-order valence-electron chi connectivity index (χ1n) is 8.34. The molecule has 1 aromatic rings. The van der Waals surface area contributed by atoms with Gasteiger partial charge in [0.25, 0.3) is 0 Å². The fourth-order valence-electron chi connectivity index (χ4n) is 2.20. The van der Waals surface area contributed by atoms with Crippen molar-refractivity contribution in [3.63, 3.8) is 0 Å². The maximum Gasteiger partial charge on any atom is 0.242 e. The maximum absolute atomic E-state index is 11.7. The van der Waals surface area contributed by atoms with E-state index in [0.717, 1.165) is 44.3 Å². The van der Waals surface area contributed by atoms with Gasteiger partial charge in [-0.3, -0.25) is 4.79 Å². The van der Waals surface area contributed by atoms with Gasteiger partial charge in [0, 0.05) is 29.2 Å². The lowest BCUT2D eigenvalue weighted by Gasteiger charge is -2.11. The fourth-order valence-corrected chi connectivity index (χ4v) is 2.71. The van der Waals surface area contributed by atoms with Crippen molar-refractivity contribution in [2.24, 2.45) is 4.99 Å². The molecule has 0 unspecified atom stereocenters. The highest BCUT2D eigenvalue weighted by Crippen LogP contribution is 2.21. The van der Waals surface area contributed by atoms with E-state index in [4.69, 9.17) is 23.2 Å². The standard InChI is InChI=1S/C17H24Cl2N4O.HI/c1-2-20-17(22-11-16(24)23-14-7-8-14)21-9-3-4-12-5-6-13(18)10-15(12)19;/h5-6,10,14H,2-4,7-9,11H2,1H3,(H,23,24)(H2,20,21,22);1H. The zero-order valence-electron chi connectivity index (χ0n) is 14.3. The lowest BCUT2D eigenvalue weighted by molar-refractivity contribution is -0.119. The van der Waals surface area contributed by atoms with E-state index in [1.807, 2.05) is 19.1 Å². The lowest BCUT2D eigenvalue weighted by Crippen LogP contribution is -2.39. The van der Waals surface area contributed by atoms with Gasteiger partial charge in [-0.15, -0.1) is 24.0 Å². The second-order valence-corrected chi connectivity index (χ2v) is 6.65. The summed E-state index contributed by atoms with van der Waals surface area (Å²) in [5.74, 6) is 0.633. The molecule has 0 atom stereocenters. The smallest absolute Gasteiger partial charge is 0.242 e. The zero-order valence-corrected chi connectivity index (χ0v) is 18.1. The van der Waals surface area contributed by atoms with E-state index in [9.17, 15) is 4.79 Å². The highest BCUT2D eigenvalue weighted by Gasteiger charge is 2.22. The molecule has 8 heteroatoms. The summed E-state index contributed by atoms with van der Waals surface area (Å²) in [6.45, 7) is 3.64. The number of rotatable bonds is 8. The predicted octanol–water partition coefficient (Wildman–Crippen LogP) is 3.38. The topological polar surface area (TPSA) is 65.5 Å². The summed E-state index contributed by atoms with van der Waals surface area (Å²) in [6, 6.07) is 5.93. The Kier molecular flexibility index (Phi) is 10.5. The molecule has 0 spiro atoms. The van der Waals surface area contributed by atoms with Crippen molar-refractivity contribution >= 4 is 59.0 Å². The average Bonchev–Trinajstić information content (AvgIpc) is 3.34. The average molecular weight is 499 g/mol. The Bertz CT molecular complexity index is 594. The van der Waals surface area contributed by atoms with Crippen molar-refractivity contribution in [3.05, 3.63) is 33.8 Å². The molecule has 1 amide bonds. The SMILES string of the molecule is CCNC(=NCC(=O)NC1CC1)NCCCc1ccc(Cl)cc1Cl.I. The Hall–Kier alpha value is -0.730. The van der Waals surface area contributed by atoms with Gasteiger partial charge >= 0.3 is 0 Å². The minimum Gasteiger partial charge on any atom is -0.357 e. The van der Waals surface area contributed by atoms with Crippen LogP contribution in [-0.2, 0) is 11.2 Å². The molecule has 3 N–H and O–H groups in total. The molecule has 0 aliphatic heterocycles. The normalized spacial score (nSPS) is 13.8. The first kappa shape index (κ1) is 22.3. The van der Waals surface area contributed by atoms with Crippen molar-refractivity contribution in [1.29, 1.82) is 0 Å². The number of carbonyl (C=O) groups excluding carboxylic acids is 1. The summed E-state index contributed by atoms with van der Waals surface area (Å²) in [5, 5.41) is 10.6. The summed E-state index contributed by atoms with van der Waals surface area (Å²) >= 11 is 12.1. The summed E-state index contributed by atoms with van der Waals surface area (Å²) < 4.78 is 0. The molecule has 1 aliphatic rings. The van der Waals surface area contributed by atoms with Gasteiger partial charge in [-0.1, -0.05) is 29.3 Å². The van der Waals surface area contributed by atoms with Crippen LogP contribution in [0, 0.1) is 0 Å². The third-order valence-corrected chi connectivity index (χ3v) is 4.18. The number of carbonyl (C=O) groups is 1. The van der Waals surface area contributed by atoms with Gasteiger partial charge in [-0.25, -0.2) is 4.99 Å². The number of aliphatic imine (C=N–C) groups is 1. The Balaban J connectivity index is 0.00000312. The Morgan fingerprint density at radius 2 is 2.04 bits per heavy atom. The van der Waals surface area contributed by atoms with Crippen LogP contribution in [0.5, 0.6) is 0 Å². The van der Waals surface area contributed by atoms with Crippen LogP contribution in [0.2, 0.25) is 10.0 Å². The molecule has 1 aromatic carbocycles. The van der Waals surface area contributed by atoms with Crippen LogP contribution >= 0.6 is 47.2 Å². The number of halogens is 3. The molecule has 0 aromatic heterocycles. The number of hydrogen-bond acceptors (Lipinski definition) is 2. The van der Waals surface area contributed by atoms with E-state index in [-0.39, 0.29) is 36.4 Å². The summed E-state index contributed by atoms with van der Waals surface area (Å²) in [5.41, 5.74) is 1.08. The highest BCUT2D eigenvalue weighted by molar-refractivity contribution is 14.0. The van der Waals surface area contributed by atoms with Crippen LogP contribution in [0.4, 0.5) is 0 Å². The number of aryl methyl sites for hydroxylation is 1. The van der Waals surface area contributed by atoms with Gasteiger partial charge in [0.05, 0.1) is 0 Å². The second kappa shape index (κ2) is 11.8. The highest BCUT2D eigenvalue weighted by atomic mass is 127. The van der Waals surface area contributed by atoms with Crippen molar-refractivity contribution in [2.45, 2.75) is 38.6 Å². The molecular formula is C17H25Cl2IN4O. The molecule has 1 aliphatic carbocycles. The Morgan fingerprint density at radius 1 is 1.28 bits per heavy atom. The van der Waals surface area contributed by atoms with Crippen molar-refractivity contribution in [3.8, 4) is 0 Å². The quantitative estimate of drug-likeness (QED) is 0.223. The molecular weight excluding hydrogens is 474 g/mol. The molecule has 5 nitrogen and oxygen atoms in total. The van der Waals surface area contributed by atoms with Crippen LogP contribution in [0.15, 0.2) is 23.2 Å². The minimum atomic E-state index is -0.0253. The molecule has 1 saturated carbocycles. The van der Waals surface area contributed by atoms with Crippen LogP contribution in [0.3, 0.4) is 0 Å². The number of benzene rings is 1. The number of nitrogens with one attached hydrogen (secondary N) is 3. The van der Waals surface area contributed by atoms with Crippen molar-refractivity contribution in [2.75, 3.05) is 19.6 Å². The van der Waals surface area contributed by atoms with E-state index in [2.05, 4.69) is 20.9 Å². The molecule has 0 heterocycles. The van der Waals surface area contributed by atoms with Crippen molar-refractivity contribution in [1.82, 2.24) is 16.0 Å². The van der Waals surface area contributed by atoms with Gasteiger partial charge in [-0.05, 0) is 50.3 Å². The van der Waals surface area contributed by atoms with Crippen molar-refractivity contribution < 1.29 is 4.79 Å². The summed E-state index contributed by atoms with van der Waals surface area (Å²) in [6.07, 6.45) is 3.92. The van der Waals surface area contributed by atoms with E-state index < -0.39 is 0 Å². The monoisotopic (exact) mass is 498 g/mol. The first-order valence-corrected chi connectivity index (χ1v) is 9.09. The first-order chi connectivity index (χ1) is 11.6. The minimum absolute atomic E-state index is 0. The van der Waals surface area contributed by atoms with Crippen LogP contribution in [0.1, 0.15) is 31.7 Å². The van der Waals surface area contributed by atoms with E-state index >= 15 is 0 Å². The Morgan fingerprint density at radius 3 is 2.68 bits per heavy atom. The largest absolute Gasteiger partial charge is 0.357 e. The second-order valence-electron chi connectivity index (χ2n) is 5.80. The summed E-state index contributed by atoms with van der Waals surface area (Å²) in [7, 11) is 0. The molecule has 0 saturated heterocycles. The number of hydrogen-bond donors (Lipinski definition) is 3. The molecule has 140 valence electrons. The Labute approximate surface area is 176 Å². The number of guanidine groups is 1. The molecule has 1 fully saturated rings. The lowest BCUT2D eigenvalue weighted by atomic mass is 10.1. The molecule has 0 bridgehead atoms. The third kappa shape index (κ3) is 8.96. The van der Waals surface area contributed by atoms with Gasteiger partial charge in [0.1, 0.15) is 6.54 Å².